The van der Waals surface area contributed by atoms with E-state index in [4.69, 9.17) is 0 Å². The van der Waals surface area contributed by atoms with Crippen molar-refractivity contribution in [2.24, 2.45) is 10.9 Å². The zero-order chi connectivity index (χ0) is 17.7. The summed E-state index contributed by atoms with van der Waals surface area (Å²) < 4.78 is 0. The van der Waals surface area contributed by atoms with E-state index in [2.05, 4.69) is 91.2 Å². The number of halogens is 1. The second-order valence-electron chi connectivity index (χ2n) is 7.91. The average Bonchev–Trinajstić information content (AvgIpc) is 2.37. The van der Waals surface area contributed by atoms with Crippen molar-refractivity contribution in [3.8, 4) is 5.75 Å². The van der Waals surface area contributed by atoms with Crippen molar-refractivity contribution < 1.29 is 19.7 Å². The number of hydrogen-bond donors (Lipinski definition) is 1. The third-order valence-corrected chi connectivity index (χ3v) is 3.28. The van der Waals surface area contributed by atoms with Gasteiger partial charge in [-0.3, -0.25) is 4.99 Å². The van der Waals surface area contributed by atoms with Crippen LogP contribution in [-0.2, 0) is 25.4 Å². The van der Waals surface area contributed by atoms with Crippen LogP contribution >= 0.6 is 10.2 Å². The molecule has 0 aliphatic carbocycles. The number of aromatic hydroxyl groups is 1. The molecule has 129 valence electrons. The number of phenols is 1. The zero-order valence-electron chi connectivity index (χ0n) is 14.9. The first-order chi connectivity index (χ1) is 9.93. The van der Waals surface area contributed by atoms with Crippen LogP contribution in [0, 0.1) is 5.92 Å². The Morgan fingerprint density at radius 1 is 1.05 bits per heavy atom. The van der Waals surface area contributed by atoms with E-state index in [1.54, 1.807) is 0 Å². The Bertz CT molecular complexity index is 511. The van der Waals surface area contributed by atoms with Gasteiger partial charge in [0.25, 0.3) is 0 Å². The molecule has 0 radical (unpaired) electrons. The molecule has 0 amide bonds. The molecule has 0 unspecified atom stereocenters. The van der Waals surface area contributed by atoms with Crippen molar-refractivity contribution in [3.63, 3.8) is 0 Å². The Labute approximate surface area is 148 Å². The molecule has 4 heteroatoms. The van der Waals surface area contributed by atoms with Crippen molar-refractivity contribution in [3.05, 3.63) is 23.3 Å². The molecule has 0 aromatic heterocycles. The quantitative estimate of drug-likeness (QED) is 0.501. The van der Waals surface area contributed by atoms with Crippen LogP contribution in [0.5, 0.6) is 5.75 Å². The summed E-state index contributed by atoms with van der Waals surface area (Å²) in [5, 5.41) is 10.5. The third kappa shape index (κ3) is 6.30. The van der Waals surface area contributed by atoms with Crippen molar-refractivity contribution in [2.75, 3.05) is 0 Å². The molecule has 0 saturated heterocycles. The number of nitrogens with zero attached hydrogens (tertiary/aromatic N) is 1. The minimum absolute atomic E-state index is 0.0375. The first-order valence-corrected chi connectivity index (χ1v) is 8.83. The maximum atomic E-state index is 10.5. The summed E-state index contributed by atoms with van der Waals surface area (Å²) >= 11 is 3.35. The molecule has 1 rings (SSSR count). The van der Waals surface area contributed by atoms with E-state index in [1.807, 2.05) is 12.3 Å². The molecule has 2 nitrogen and oxygen atoms in total. The SMILES string of the molecule is CC(C)C=Nc1cc(C(C)(C)C)cc(C(C)(C)C)c1O.[Cl][Ni]. The van der Waals surface area contributed by atoms with Gasteiger partial charge in [0, 0.05) is 11.8 Å². The Morgan fingerprint density at radius 2 is 1.55 bits per heavy atom. The van der Waals surface area contributed by atoms with E-state index < -0.39 is 0 Å². The molecule has 0 heterocycles. The van der Waals surface area contributed by atoms with Gasteiger partial charge in [0.15, 0.2) is 0 Å². The Kier molecular flexibility index (Phi) is 8.16. The van der Waals surface area contributed by atoms with Crippen LogP contribution in [-0.4, -0.2) is 11.3 Å². The Morgan fingerprint density at radius 3 is 1.91 bits per heavy atom. The predicted octanol–water partition coefficient (Wildman–Crippen LogP) is 6.03. The summed E-state index contributed by atoms with van der Waals surface area (Å²) in [5.41, 5.74) is 2.77. The molecule has 0 aliphatic rings. The predicted molar refractivity (Wildman–Crippen MR) is 94.3 cm³/mol. The van der Waals surface area contributed by atoms with E-state index >= 15 is 0 Å². The van der Waals surface area contributed by atoms with Crippen molar-refractivity contribution in [1.29, 1.82) is 0 Å². The van der Waals surface area contributed by atoms with Gasteiger partial charge in [0.2, 0.25) is 0 Å². The van der Waals surface area contributed by atoms with Gasteiger partial charge in [-0.05, 0) is 28.4 Å². The Hall–Kier alpha value is -0.526. The van der Waals surface area contributed by atoms with Gasteiger partial charge in [-0.15, -0.1) is 0 Å². The van der Waals surface area contributed by atoms with Gasteiger partial charge in [-0.1, -0.05) is 61.5 Å². The van der Waals surface area contributed by atoms with Crippen molar-refractivity contribution in [1.82, 2.24) is 0 Å². The molecular formula is C18H29ClNNiO. The first-order valence-electron chi connectivity index (χ1n) is 7.47. The van der Waals surface area contributed by atoms with E-state index in [0.29, 0.717) is 17.4 Å². The summed E-state index contributed by atoms with van der Waals surface area (Å²) in [5.74, 6) is 0.674. The monoisotopic (exact) mass is 368 g/mol. The minimum atomic E-state index is -0.104. The molecule has 0 aliphatic heterocycles. The van der Waals surface area contributed by atoms with Gasteiger partial charge in [-0.2, -0.15) is 0 Å². The van der Waals surface area contributed by atoms with Gasteiger partial charge in [-0.25, -0.2) is 0 Å². The average molecular weight is 370 g/mol. The fourth-order valence-corrected chi connectivity index (χ4v) is 1.95. The summed E-state index contributed by atoms with van der Waals surface area (Å²) in [6, 6.07) is 4.12. The number of aliphatic imine (C=N–C) groups is 1. The first kappa shape index (κ1) is 21.5. The number of rotatable bonds is 2. The molecule has 0 spiro atoms. The molecule has 1 aromatic carbocycles. The van der Waals surface area contributed by atoms with Crippen LogP contribution in [0.25, 0.3) is 0 Å². The van der Waals surface area contributed by atoms with E-state index in [1.165, 1.54) is 5.56 Å². The van der Waals surface area contributed by atoms with Crippen LogP contribution in [0.4, 0.5) is 5.69 Å². The molecule has 1 N–H and O–H groups in total. The molecule has 0 fully saturated rings. The fraction of sp³-hybridized carbons (Fsp3) is 0.611. The summed E-state index contributed by atoms with van der Waals surface area (Å²) in [6.45, 7) is 17.1. The number of phenolic OH excluding ortho intramolecular Hbond substituents is 1. The van der Waals surface area contributed by atoms with Crippen LogP contribution in [0.1, 0.15) is 66.5 Å². The molecule has 0 bridgehead atoms. The molecular weight excluding hydrogens is 340 g/mol. The molecule has 1 aromatic rings. The second kappa shape index (κ2) is 8.36. The van der Waals surface area contributed by atoms with Crippen molar-refractivity contribution in [2.45, 2.75) is 66.2 Å². The Balaban J connectivity index is 0.00000211. The van der Waals surface area contributed by atoms with Crippen LogP contribution in [0.15, 0.2) is 17.1 Å². The molecule has 0 saturated carbocycles. The zero-order valence-corrected chi connectivity index (χ0v) is 16.6. The number of hydrogen-bond acceptors (Lipinski definition) is 2. The van der Waals surface area contributed by atoms with Crippen LogP contribution in [0.3, 0.4) is 0 Å². The fourth-order valence-electron chi connectivity index (χ4n) is 1.95. The van der Waals surface area contributed by atoms with Gasteiger partial charge in [0.1, 0.15) is 11.4 Å². The van der Waals surface area contributed by atoms with Gasteiger partial charge in [0.05, 0.1) is 0 Å². The summed E-state index contributed by atoms with van der Waals surface area (Å²) in [4.78, 5) is 4.48. The third-order valence-electron chi connectivity index (χ3n) is 3.28. The van der Waals surface area contributed by atoms with Crippen LogP contribution < -0.4 is 0 Å². The summed E-state index contributed by atoms with van der Waals surface area (Å²) in [6.07, 6.45) is 1.88. The van der Waals surface area contributed by atoms with E-state index in [9.17, 15) is 5.11 Å². The maximum absolute atomic E-state index is 10.5. The van der Waals surface area contributed by atoms with Gasteiger partial charge >= 0.3 is 24.8 Å². The van der Waals surface area contributed by atoms with Crippen molar-refractivity contribution >= 4 is 22.1 Å². The standard InChI is InChI=1S/C18H29NO.ClH.Ni/c1-12(2)11-19-15-10-13(17(3,4)5)9-14(16(15)20)18(6,7)8;;/h9-12,20H,1-8H3;1H;/q;;+1/p-1. The number of benzene rings is 1. The van der Waals surface area contributed by atoms with E-state index in [-0.39, 0.29) is 10.8 Å². The van der Waals surface area contributed by atoms with Gasteiger partial charge < -0.3 is 5.11 Å². The summed E-state index contributed by atoms with van der Waals surface area (Å²) in [7, 11) is 4.26. The normalized spacial score (nSPS) is 12.5. The van der Waals surface area contributed by atoms with Crippen LogP contribution in [0.2, 0.25) is 0 Å². The topological polar surface area (TPSA) is 32.6 Å². The molecule has 0 atom stereocenters. The second-order valence-corrected chi connectivity index (χ2v) is 7.91. The van der Waals surface area contributed by atoms with E-state index in [0.717, 1.165) is 5.56 Å². The molecule has 22 heavy (non-hydrogen) atoms.